The molecule has 8 heteroatoms. The largest absolute Gasteiger partial charge is 0.334 e. The smallest absolute Gasteiger partial charge is 0.259 e. The number of amides is 1. The first-order valence-corrected chi connectivity index (χ1v) is 11.6. The van der Waals surface area contributed by atoms with E-state index in [2.05, 4.69) is 17.1 Å². The van der Waals surface area contributed by atoms with Crippen LogP contribution in [0.1, 0.15) is 23.7 Å². The van der Waals surface area contributed by atoms with Crippen molar-refractivity contribution in [2.24, 2.45) is 0 Å². The number of hydrogen-bond donors (Lipinski definition) is 0. The number of anilines is 1. The van der Waals surface area contributed by atoms with E-state index in [1.165, 1.54) is 0 Å². The average Bonchev–Trinajstić information content (AvgIpc) is 3.26. The zero-order valence-electron chi connectivity index (χ0n) is 17.0. The summed E-state index contributed by atoms with van der Waals surface area (Å²) in [6.07, 6.45) is 0.859. The third-order valence-corrected chi connectivity index (χ3v) is 6.99. The molecule has 0 saturated carbocycles. The van der Waals surface area contributed by atoms with Crippen molar-refractivity contribution in [3.05, 3.63) is 76.3 Å². The van der Waals surface area contributed by atoms with Crippen LogP contribution in [0.5, 0.6) is 0 Å². The lowest BCUT2D eigenvalue weighted by atomic mass is 10.1. The van der Waals surface area contributed by atoms with Gasteiger partial charge in [0.2, 0.25) is 5.82 Å². The van der Waals surface area contributed by atoms with Crippen LogP contribution < -0.4 is 4.90 Å². The van der Waals surface area contributed by atoms with Gasteiger partial charge >= 0.3 is 0 Å². The molecule has 0 aliphatic carbocycles. The molecule has 160 valence electrons. The molecule has 0 atom stereocenters. The van der Waals surface area contributed by atoms with Gasteiger partial charge in [-0.05, 0) is 55.0 Å². The fraction of sp³-hybridized carbons (Fsp3) is 0.125. The Balaban J connectivity index is 1.55. The summed E-state index contributed by atoms with van der Waals surface area (Å²) in [6.45, 7) is 2.71. The summed E-state index contributed by atoms with van der Waals surface area (Å²) in [5.41, 5.74) is 3.09. The van der Waals surface area contributed by atoms with Gasteiger partial charge in [0.05, 0.1) is 21.3 Å². The van der Waals surface area contributed by atoms with Gasteiger partial charge in [-0.25, -0.2) is 0 Å². The number of fused-ring (bicyclic) bond motifs is 2. The van der Waals surface area contributed by atoms with E-state index in [1.807, 2.05) is 47.4 Å². The molecule has 2 heterocycles. The normalized spacial score (nSPS) is 13.0. The van der Waals surface area contributed by atoms with Crippen molar-refractivity contribution in [3.63, 3.8) is 0 Å². The van der Waals surface area contributed by atoms with Crippen LogP contribution >= 0.6 is 35.0 Å². The maximum atomic E-state index is 13.2. The predicted octanol–water partition coefficient (Wildman–Crippen LogP) is 7.23. The van der Waals surface area contributed by atoms with E-state index in [4.69, 9.17) is 27.7 Å². The molecule has 0 N–H and O–H groups in total. The molecule has 0 fully saturated rings. The Kier molecular flexibility index (Phi) is 5.67. The van der Waals surface area contributed by atoms with Gasteiger partial charge in [0.15, 0.2) is 0 Å². The van der Waals surface area contributed by atoms with Crippen molar-refractivity contribution in [3.8, 4) is 22.8 Å². The highest BCUT2D eigenvalue weighted by atomic mass is 35.5. The van der Waals surface area contributed by atoms with Crippen molar-refractivity contribution in [1.82, 2.24) is 10.1 Å². The molecular weight excluding hydrogens is 465 g/mol. The summed E-state index contributed by atoms with van der Waals surface area (Å²) in [5, 5.41) is 5.03. The van der Waals surface area contributed by atoms with Crippen molar-refractivity contribution in [2.45, 2.75) is 23.1 Å². The lowest BCUT2D eigenvalue weighted by Gasteiger charge is -2.22. The van der Waals surface area contributed by atoms with Crippen molar-refractivity contribution >= 4 is 46.6 Å². The summed E-state index contributed by atoms with van der Waals surface area (Å²) in [7, 11) is 0. The lowest BCUT2D eigenvalue weighted by Crippen LogP contribution is -2.31. The van der Waals surface area contributed by atoms with Crippen LogP contribution in [0.4, 0.5) is 5.69 Å². The lowest BCUT2D eigenvalue weighted by molar-refractivity contribution is 0.0984. The van der Waals surface area contributed by atoms with Gasteiger partial charge in [-0.3, -0.25) is 4.79 Å². The first kappa shape index (κ1) is 21.1. The van der Waals surface area contributed by atoms with E-state index < -0.39 is 0 Å². The maximum Gasteiger partial charge on any atom is 0.259 e. The Bertz CT molecular complexity index is 1340. The molecule has 0 bridgehead atoms. The molecule has 5 nitrogen and oxygen atoms in total. The number of carbonyl (C=O) groups is 1. The highest BCUT2D eigenvalue weighted by molar-refractivity contribution is 7.99. The summed E-state index contributed by atoms with van der Waals surface area (Å²) >= 11 is 13.7. The zero-order valence-corrected chi connectivity index (χ0v) is 19.3. The summed E-state index contributed by atoms with van der Waals surface area (Å²) < 4.78 is 5.47. The molecule has 1 aromatic heterocycles. The number of nitrogens with zero attached hydrogens (tertiary/aromatic N) is 3. The Hall–Kier alpha value is -2.80. The SMILES string of the molecule is CCCN1C(=O)c2ccccc2Sc2cc(-c3noc(-c4ccc(Cl)c(Cl)c4)n3)ccc21. The van der Waals surface area contributed by atoms with Crippen molar-refractivity contribution < 1.29 is 9.32 Å². The molecule has 1 amide bonds. The minimum Gasteiger partial charge on any atom is -0.334 e. The molecule has 0 spiro atoms. The summed E-state index contributed by atoms with van der Waals surface area (Å²) in [5.74, 6) is 0.831. The number of carbonyl (C=O) groups excluding carboxylic acids is 1. The zero-order chi connectivity index (χ0) is 22.2. The van der Waals surface area contributed by atoms with Crippen LogP contribution in [0.25, 0.3) is 22.8 Å². The van der Waals surface area contributed by atoms with Crippen molar-refractivity contribution in [1.29, 1.82) is 0 Å². The van der Waals surface area contributed by atoms with E-state index in [1.54, 1.807) is 30.0 Å². The third kappa shape index (κ3) is 3.79. The average molecular weight is 482 g/mol. The van der Waals surface area contributed by atoms with Crippen molar-refractivity contribution in [2.75, 3.05) is 11.4 Å². The van der Waals surface area contributed by atoms with E-state index >= 15 is 0 Å². The maximum absolute atomic E-state index is 13.2. The quantitative estimate of drug-likeness (QED) is 0.307. The van der Waals surface area contributed by atoms with Gasteiger partial charge in [0.25, 0.3) is 11.8 Å². The second-order valence-electron chi connectivity index (χ2n) is 7.29. The second kappa shape index (κ2) is 8.62. The summed E-state index contributed by atoms with van der Waals surface area (Å²) in [6, 6.07) is 18.7. The Labute approximate surface area is 199 Å². The predicted molar refractivity (Wildman–Crippen MR) is 128 cm³/mol. The van der Waals surface area contributed by atoms with Gasteiger partial charge in [-0.2, -0.15) is 4.98 Å². The fourth-order valence-electron chi connectivity index (χ4n) is 3.60. The second-order valence-corrected chi connectivity index (χ2v) is 9.19. The summed E-state index contributed by atoms with van der Waals surface area (Å²) in [4.78, 5) is 21.5. The van der Waals surface area contributed by atoms with Crippen LogP contribution in [0.3, 0.4) is 0 Å². The van der Waals surface area contributed by atoms with Crippen LogP contribution in [-0.2, 0) is 0 Å². The highest BCUT2D eigenvalue weighted by Gasteiger charge is 2.27. The van der Waals surface area contributed by atoms with Crippen LogP contribution in [0, 0.1) is 0 Å². The van der Waals surface area contributed by atoms with Crippen LogP contribution in [0.15, 0.2) is 75.0 Å². The Morgan fingerprint density at radius 3 is 2.59 bits per heavy atom. The molecular formula is C24H17Cl2N3O2S. The Morgan fingerprint density at radius 2 is 1.78 bits per heavy atom. The molecule has 1 aliphatic rings. The van der Waals surface area contributed by atoms with Gasteiger partial charge in [-0.15, -0.1) is 0 Å². The monoisotopic (exact) mass is 481 g/mol. The van der Waals surface area contributed by atoms with Gasteiger partial charge in [0.1, 0.15) is 0 Å². The minimum atomic E-state index is 0.0166. The molecule has 4 aromatic rings. The third-order valence-electron chi connectivity index (χ3n) is 5.13. The van der Waals surface area contributed by atoms with Gasteiger partial charge in [0, 0.05) is 27.5 Å². The first-order valence-electron chi connectivity index (χ1n) is 10.1. The van der Waals surface area contributed by atoms with Crippen LogP contribution in [-0.4, -0.2) is 22.6 Å². The molecule has 0 saturated heterocycles. The topological polar surface area (TPSA) is 59.2 Å². The van der Waals surface area contributed by atoms with E-state index in [0.29, 0.717) is 39.4 Å². The van der Waals surface area contributed by atoms with E-state index in [0.717, 1.165) is 27.5 Å². The molecule has 32 heavy (non-hydrogen) atoms. The Morgan fingerprint density at radius 1 is 0.969 bits per heavy atom. The number of aromatic nitrogens is 2. The number of halogens is 2. The molecule has 5 rings (SSSR count). The minimum absolute atomic E-state index is 0.0166. The fourth-order valence-corrected chi connectivity index (χ4v) is 5.01. The number of hydrogen-bond acceptors (Lipinski definition) is 5. The molecule has 1 aliphatic heterocycles. The number of rotatable bonds is 4. The molecule has 0 unspecified atom stereocenters. The van der Waals surface area contributed by atoms with Gasteiger partial charge < -0.3 is 9.42 Å². The number of benzene rings is 3. The molecule has 0 radical (unpaired) electrons. The standard InChI is InChI=1S/C24H17Cl2N3O2S/c1-2-11-29-19-10-8-14(13-21(19)32-20-6-4-3-5-16(20)24(29)30)22-27-23(31-28-22)15-7-9-17(25)18(26)12-15/h3-10,12-13H,2,11H2,1H3. The highest BCUT2D eigenvalue weighted by Crippen LogP contribution is 2.43. The van der Waals surface area contributed by atoms with E-state index in [9.17, 15) is 4.79 Å². The van der Waals surface area contributed by atoms with E-state index in [-0.39, 0.29) is 5.91 Å². The van der Waals surface area contributed by atoms with Crippen LogP contribution in [0.2, 0.25) is 10.0 Å². The van der Waals surface area contributed by atoms with Gasteiger partial charge in [-0.1, -0.05) is 59.2 Å². The first-order chi connectivity index (χ1) is 15.5. The molecule has 3 aromatic carbocycles.